The van der Waals surface area contributed by atoms with E-state index in [1.165, 1.54) is 0 Å². The van der Waals surface area contributed by atoms with Crippen LogP contribution in [0.2, 0.25) is 5.02 Å². The number of carbonyl (C=O) groups excluding carboxylic acids is 1. The molecule has 3 rings (SSSR count). The van der Waals surface area contributed by atoms with Crippen molar-refractivity contribution in [3.8, 4) is 0 Å². The first-order chi connectivity index (χ1) is 11.2. The van der Waals surface area contributed by atoms with Crippen LogP contribution in [0, 0.1) is 0 Å². The summed E-state index contributed by atoms with van der Waals surface area (Å²) in [6.07, 6.45) is 2.93. The third kappa shape index (κ3) is 4.08. The first-order valence-corrected chi connectivity index (χ1v) is 7.94. The van der Waals surface area contributed by atoms with Gasteiger partial charge in [-0.05, 0) is 35.7 Å². The summed E-state index contributed by atoms with van der Waals surface area (Å²) in [6, 6.07) is 17.4. The van der Waals surface area contributed by atoms with Gasteiger partial charge in [0.05, 0.1) is 11.9 Å². The second kappa shape index (κ2) is 7.25. The van der Waals surface area contributed by atoms with Crippen molar-refractivity contribution in [2.45, 2.75) is 12.8 Å². The molecule has 23 heavy (non-hydrogen) atoms. The van der Waals surface area contributed by atoms with E-state index in [4.69, 9.17) is 11.6 Å². The van der Waals surface area contributed by atoms with Crippen LogP contribution in [0.3, 0.4) is 0 Å². The average Bonchev–Trinajstić information content (AvgIpc) is 2.57. The largest absolute Gasteiger partial charge is 0.355 e. The smallest absolute Gasteiger partial charge is 0.224 e. The zero-order valence-electron chi connectivity index (χ0n) is 12.6. The highest BCUT2D eigenvalue weighted by Crippen LogP contribution is 2.16. The molecule has 0 aliphatic heterocycles. The lowest BCUT2D eigenvalue weighted by atomic mass is 10.1. The molecule has 0 radical (unpaired) electrons. The molecule has 0 saturated heterocycles. The van der Waals surface area contributed by atoms with E-state index in [-0.39, 0.29) is 5.91 Å². The van der Waals surface area contributed by atoms with Crippen LogP contribution in [0.1, 0.15) is 11.1 Å². The minimum atomic E-state index is 0.0144. The van der Waals surface area contributed by atoms with E-state index >= 15 is 0 Å². The van der Waals surface area contributed by atoms with Gasteiger partial charge in [0, 0.05) is 23.2 Å². The predicted octanol–water partition coefficient (Wildman–Crippen LogP) is 3.79. The second-order valence-electron chi connectivity index (χ2n) is 5.40. The Labute approximate surface area is 140 Å². The van der Waals surface area contributed by atoms with Crippen molar-refractivity contribution in [3.63, 3.8) is 0 Å². The van der Waals surface area contributed by atoms with E-state index in [0.717, 1.165) is 28.5 Å². The quantitative estimate of drug-likeness (QED) is 0.776. The van der Waals surface area contributed by atoms with Crippen molar-refractivity contribution in [2.75, 3.05) is 6.54 Å². The highest BCUT2D eigenvalue weighted by Gasteiger charge is 2.05. The SMILES string of the molecule is O=C(Cc1ccc(Cl)cc1)NCCc1cccc2cccnc12. The molecule has 4 heteroatoms. The molecule has 2 aromatic carbocycles. The molecule has 1 N–H and O–H groups in total. The second-order valence-corrected chi connectivity index (χ2v) is 5.83. The average molecular weight is 325 g/mol. The molecule has 0 bridgehead atoms. The first kappa shape index (κ1) is 15.5. The lowest BCUT2D eigenvalue weighted by Crippen LogP contribution is -2.27. The van der Waals surface area contributed by atoms with Crippen molar-refractivity contribution < 1.29 is 4.79 Å². The number of aromatic nitrogens is 1. The number of benzene rings is 2. The molecule has 0 aliphatic rings. The van der Waals surface area contributed by atoms with Crippen molar-refractivity contribution in [1.82, 2.24) is 10.3 Å². The number of nitrogens with zero attached hydrogens (tertiary/aromatic N) is 1. The maximum Gasteiger partial charge on any atom is 0.224 e. The standard InChI is InChI=1S/C19H17ClN2O/c20-17-8-6-14(7-9-17)13-18(23)21-12-10-16-4-1-3-15-5-2-11-22-19(15)16/h1-9,11H,10,12-13H2,(H,21,23). The molecule has 0 aliphatic carbocycles. The number of amides is 1. The van der Waals surface area contributed by atoms with Gasteiger partial charge in [-0.3, -0.25) is 9.78 Å². The molecule has 0 unspecified atom stereocenters. The summed E-state index contributed by atoms with van der Waals surface area (Å²) < 4.78 is 0. The number of nitrogens with one attached hydrogen (secondary N) is 1. The highest BCUT2D eigenvalue weighted by atomic mass is 35.5. The summed E-state index contributed by atoms with van der Waals surface area (Å²) in [6.45, 7) is 0.599. The first-order valence-electron chi connectivity index (χ1n) is 7.56. The molecule has 3 nitrogen and oxygen atoms in total. The lowest BCUT2D eigenvalue weighted by Gasteiger charge is -2.08. The molecule has 0 spiro atoms. The Balaban J connectivity index is 1.56. The van der Waals surface area contributed by atoms with E-state index in [2.05, 4.69) is 16.4 Å². The Kier molecular flexibility index (Phi) is 4.89. The fraction of sp³-hybridized carbons (Fsp3) is 0.158. The number of hydrogen-bond acceptors (Lipinski definition) is 2. The van der Waals surface area contributed by atoms with Crippen molar-refractivity contribution in [2.24, 2.45) is 0 Å². The number of halogens is 1. The summed E-state index contributed by atoms with van der Waals surface area (Å²) in [5.41, 5.74) is 3.11. The van der Waals surface area contributed by atoms with E-state index in [1.807, 2.05) is 36.4 Å². The van der Waals surface area contributed by atoms with Crippen LogP contribution in [-0.4, -0.2) is 17.4 Å². The third-order valence-corrected chi connectivity index (χ3v) is 3.96. The van der Waals surface area contributed by atoms with Gasteiger partial charge in [-0.2, -0.15) is 0 Å². The minimum absolute atomic E-state index is 0.0144. The van der Waals surface area contributed by atoms with Gasteiger partial charge < -0.3 is 5.32 Å². The molecular weight excluding hydrogens is 308 g/mol. The van der Waals surface area contributed by atoms with Crippen molar-refractivity contribution >= 4 is 28.4 Å². The normalized spacial score (nSPS) is 10.7. The summed E-state index contributed by atoms with van der Waals surface area (Å²) in [5, 5.41) is 4.76. The van der Waals surface area contributed by atoms with Gasteiger partial charge in [0.15, 0.2) is 0 Å². The van der Waals surface area contributed by atoms with Gasteiger partial charge in [0.25, 0.3) is 0 Å². The number of fused-ring (bicyclic) bond motifs is 1. The van der Waals surface area contributed by atoms with Gasteiger partial charge in [-0.15, -0.1) is 0 Å². The Bertz CT molecular complexity index is 810. The van der Waals surface area contributed by atoms with E-state index in [9.17, 15) is 4.79 Å². The van der Waals surface area contributed by atoms with Gasteiger partial charge >= 0.3 is 0 Å². The molecule has 0 atom stereocenters. The monoisotopic (exact) mass is 324 g/mol. The van der Waals surface area contributed by atoms with Crippen LogP contribution < -0.4 is 5.32 Å². The van der Waals surface area contributed by atoms with E-state index < -0.39 is 0 Å². The molecule has 1 aromatic heterocycles. The molecule has 1 heterocycles. The zero-order valence-corrected chi connectivity index (χ0v) is 13.4. The molecule has 0 fully saturated rings. The van der Waals surface area contributed by atoms with Crippen LogP contribution in [0.25, 0.3) is 10.9 Å². The number of carbonyl (C=O) groups is 1. The van der Waals surface area contributed by atoms with E-state index in [1.54, 1.807) is 18.3 Å². The van der Waals surface area contributed by atoms with Crippen molar-refractivity contribution in [3.05, 3.63) is 76.9 Å². The highest BCUT2D eigenvalue weighted by molar-refractivity contribution is 6.30. The maximum atomic E-state index is 12.0. The van der Waals surface area contributed by atoms with Crippen molar-refractivity contribution in [1.29, 1.82) is 0 Å². The Morgan fingerprint density at radius 2 is 1.83 bits per heavy atom. The van der Waals surface area contributed by atoms with Gasteiger partial charge in [-0.25, -0.2) is 0 Å². The zero-order chi connectivity index (χ0) is 16.1. The lowest BCUT2D eigenvalue weighted by molar-refractivity contribution is -0.120. The molecule has 3 aromatic rings. The minimum Gasteiger partial charge on any atom is -0.355 e. The number of rotatable bonds is 5. The molecule has 116 valence electrons. The summed E-state index contributed by atoms with van der Waals surface area (Å²) >= 11 is 5.84. The number of hydrogen-bond donors (Lipinski definition) is 1. The van der Waals surface area contributed by atoms with Crippen LogP contribution in [0.4, 0.5) is 0 Å². The topological polar surface area (TPSA) is 42.0 Å². The fourth-order valence-corrected chi connectivity index (χ4v) is 2.68. The molecule has 1 amide bonds. The number of para-hydroxylation sites is 1. The van der Waals surface area contributed by atoms with Gasteiger partial charge in [0.1, 0.15) is 0 Å². The molecule has 0 saturated carbocycles. The third-order valence-electron chi connectivity index (χ3n) is 3.71. The number of pyridine rings is 1. The predicted molar refractivity (Wildman–Crippen MR) is 93.6 cm³/mol. The Morgan fingerprint density at radius 3 is 2.65 bits per heavy atom. The summed E-state index contributed by atoms with van der Waals surface area (Å²) in [7, 11) is 0. The summed E-state index contributed by atoms with van der Waals surface area (Å²) in [5.74, 6) is 0.0144. The Hall–Kier alpha value is -2.39. The maximum absolute atomic E-state index is 12.0. The molecular formula is C19H17ClN2O. The van der Waals surface area contributed by atoms with Crippen LogP contribution in [0.15, 0.2) is 60.8 Å². The van der Waals surface area contributed by atoms with Crippen LogP contribution in [0.5, 0.6) is 0 Å². The van der Waals surface area contributed by atoms with Gasteiger partial charge in [0.2, 0.25) is 5.91 Å². The summed E-state index contributed by atoms with van der Waals surface area (Å²) in [4.78, 5) is 16.4. The van der Waals surface area contributed by atoms with Crippen LogP contribution in [-0.2, 0) is 17.6 Å². The van der Waals surface area contributed by atoms with Crippen LogP contribution >= 0.6 is 11.6 Å². The van der Waals surface area contributed by atoms with Gasteiger partial charge in [-0.1, -0.05) is 48.0 Å². The van der Waals surface area contributed by atoms with E-state index in [0.29, 0.717) is 18.0 Å². The fourth-order valence-electron chi connectivity index (χ4n) is 2.56. The Morgan fingerprint density at radius 1 is 1.04 bits per heavy atom.